The van der Waals surface area contributed by atoms with E-state index in [0.717, 1.165) is 0 Å². The minimum absolute atomic E-state index is 0.0679. The molecule has 0 aliphatic heterocycles. The summed E-state index contributed by atoms with van der Waals surface area (Å²) in [5.74, 6) is -0.187. The lowest BCUT2D eigenvalue weighted by Crippen LogP contribution is -2.03. The van der Waals surface area contributed by atoms with Gasteiger partial charge in [0.05, 0.1) is 19.0 Å². The van der Waals surface area contributed by atoms with Gasteiger partial charge in [0.1, 0.15) is 23.1 Å². The zero-order valence-electron chi connectivity index (χ0n) is 11.3. The maximum Gasteiger partial charge on any atom is 0.131 e. The molecule has 0 bridgehead atoms. The topological polar surface area (TPSA) is 18.5 Å². The number of halogens is 4. The van der Waals surface area contributed by atoms with Crippen molar-refractivity contribution in [2.75, 3.05) is 14.2 Å². The van der Waals surface area contributed by atoms with Crippen LogP contribution >= 0.6 is 31.9 Å². The molecular weight excluding hydrogens is 410 g/mol. The summed E-state index contributed by atoms with van der Waals surface area (Å²) in [5.41, 5.74) is 0.542. The molecule has 0 saturated carbocycles. The Kier molecular flexibility index (Phi) is 5.22. The van der Waals surface area contributed by atoms with Gasteiger partial charge in [0.2, 0.25) is 0 Å². The number of benzene rings is 2. The maximum absolute atomic E-state index is 14.1. The van der Waals surface area contributed by atoms with Gasteiger partial charge in [-0.25, -0.2) is 8.78 Å². The lowest BCUT2D eigenvalue weighted by atomic mass is 10.0. The van der Waals surface area contributed by atoms with Gasteiger partial charge in [-0.1, -0.05) is 37.9 Å². The Balaban J connectivity index is 2.52. The highest BCUT2D eigenvalue weighted by molar-refractivity contribution is 9.10. The first-order valence-electron chi connectivity index (χ1n) is 5.98. The summed E-state index contributed by atoms with van der Waals surface area (Å²) in [6.07, 6.45) is 0. The zero-order chi connectivity index (χ0) is 15.6. The van der Waals surface area contributed by atoms with Crippen LogP contribution in [0.5, 0.6) is 11.5 Å². The van der Waals surface area contributed by atoms with Crippen molar-refractivity contribution in [3.63, 3.8) is 0 Å². The number of ether oxygens (including phenoxy) is 2. The van der Waals surface area contributed by atoms with E-state index in [4.69, 9.17) is 9.47 Å². The minimum Gasteiger partial charge on any atom is -0.497 e. The predicted molar refractivity (Wildman–Crippen MR) is 84.4 cm³/mol. The molecule has 21 heavy (non-hydrogen) atoms. The van der Waals surface area contributed by atoms with Crippen molar-refractivity contribution >= 4 is 31.9 Å². The third kappa shape index (κ3) is 3.37. The van der Waals surface area contributed by atoms with Crippen molar-refractivity contribution in [2.24, 2.45) is 0 Å². The van der Waals surface area contributed by atoms with E-state index in [0.29, 0.717) is 21.5 Å². The molecule has 1 unspecified atom stereocenters. The number of methoxy groups -OCH3 is 2. The normalized spacial score (nSPS) is 12.1. The molecule has 0 amide bonds. The summed E-state index contributed by atoms with van der Waals surface area (Å²) in [5, 5.41) is 0. The van der Waals surface area contributed by atoms with Crippen LogP contribution in [0.15, 0.2) is 34.8 Å². The quantitative estimate of drug-likeness (QED) is 0.629. The van der Waals surface area contributed by atoms with Crippen molar-refractivity contribution in [1.82, 2.24) is 0 Å². The molecule has 0 fully saturated rings. The van der Waals surface area contributed by atoms with Crippen LogP contribution in [-0.4, -0.2) is 14.2 Å². The van der Waals surface area contributed by atoms with Gasteiger partial charge in [0.25, 0.3) is 0 Å². The molecular formula is C15H12Br2F2O2. The third-order valence-corrected chi connectivity index (χ3v) is 4.42. The Morgan fingerprint density at radius 2 is 1.62 bits per heavy atom. The Morgan fingerprint density at radius 3 is 2.14 bits per heavy atom. The molecule has 0 spiro atoms. The first-order chi connectivity index (χ1) is 9.97. The lowest BCUT2D eigenvalue weighted by molar-refractivity contribution is 0.391. The van der Waals surface area contributed by atoms with Crippen molar-refractivity contribution in [3.8, 4) is 11.5 Å². The summed E-state index contributed by atoms with van der Waals surface area (Å²) in [6.45, 7) is 0. The Bertz CT molecular complexity index is 639. The van der Waals surface area contributed by atoms with E-state index in [1.54, 1.807) is 18.2 Å². The second-order valence-electron chi connectivity index (χ2n) is 4.25. The molecule has 2 aromatic rings. The molecule has 0 saturated heterocycles. The van der Waals surface area contributed by atoms with Crippen LogP contribution in [-0.2, 0) is 0 Å². The van der Waals surface area contributed by atoms with Crippen molar-refractivity contribution < 1.29 is 18.3 Å². The molecule has 0 aromatic heterocycles. The van der Waals surface area contributed by atoms with Crippen LogP contribution < -0.4 is 9.47 Å². The van der Waals surface area contributed by atoms with Gasteiger partial charge in [-0.3, -0.25) is 0 Å². The average Bonchev–Trinajstić information content (AvgIpc) is 2.45. The molecule has 1 atom stereocenters. The summed E-state index contributed by atoms with van der Waals surface area (Å²) in [4.78, 5) is -0.675. The monoisotopic (exact) mass is 420 g/mol. The number of hydrogen-bond acceptors (Lipinski definition) is 2. The highest BCUT2D eigenvalue weighted by Crippen LogP contribution is 2.40. The van der Waals surface area contributed by atoms with Crippen molar-refractivity contribution in [2.45, 2.75) is 4.83 Å². The van der Waals surface area contributed by atoms with Gasteiger partial charge >= 0.3 is 0 Å². The maximum atomic E-state index is 14.1. The second-order valence-corrected chi connectivity index (χ2v) is 6.08. The largest absolute Gasteiger partial charge is 0.497 e. The summed E-state index contributed by atoms with van der Waals surface area (Å²) in [7, 11) is 3.03. The summed E-state index contributed by atoms with van der Waals surface area (Å²) < 4.78 is 38.9. The van der Waals surface area contributed by atoms with E-state index in [1.807, 2.05) is 0 Å². The Morgan fingerprint density at radius 1 is 1.00 bits per heavy atom. The number of rotatable bonds is 4. The van der Waals surface area contributed by atoms with Crippen LogP contribution in [0.1, 0.15) is 16.0 Å². The first-order valence-corrected chi connectivity index (χ1v) is 7.69. The molecule has 0 aliphatic rings. The molecule has 0 radical (unpaired) electrons. The SMILES string of the molecule is COc1ccc(C(Br)c2c(F)cc(Br)cc2F)c(OC)c1. The van der Waals surface area contributed by atoms with Crippen LogP contribution in [0.4, 0.5) is 8.78 Å². The highest BCUT2D eigenvalue weighted by atomic mass is 79.9. The first kappa shape index (κ1) is 16.2. The van der Waals surface area contributed by atoms with E-state index in [9.17, 15) is 8.78 Å². The molecule has 2 nitrogen and oxygen atoms in total. The lowest BCUT2D eigenvalue weighted by Gasteiger charge is -2.17. The second kappa shape index (κ2) is 6.75. The number of hydrogen-bond donors (Lipinski definition) is 0. The predicted octanol–water partition coefficient (Wildman–Crippen LogP) is 5.23. The van der Waals surface area contributed by atoms with Gasteiger partial charge in [-0.2, -0.15) is 0 Å². The molecule has 2 aromatic carbocycles. The Hall–Kier alpha value is -1.14. The van der Waals surface area contributed by atoms with Crippen molar-refractivity contribution in [3.05, 3.63) is 57.6 Å². The molecule has 0 aliphatic carbocycles. The van der Waals surface area contributed by atoms with Crippen LogP contribution in [0.2, 0.25) is 0 Å². The molecule has 0 N–H and O–H groups in total. The Labute approximate surface area is 138 Å². The van der Waals surface area contributed by atoms with Crippen LogP contribution in [0.3, 0.4) is 0 Å². The van der Waals surface area contributed by atoms with Crippen LogP contribution in [0.25, 0.3) is 0 Å². The summed E-state index contributed by atoms with van der Waals surface area (Å²) >= 11 is 6.41. The fraction of sp³-hybridized carbons (Fsp3) is 0.200. The van der Waals surface area contributed by atoms with E-state index >= 15 is 0 Å². The number of alkyl halides is 1. The van der Waals surface area contributed by atoms with Gasteiger partial charge in [0.15, 0.2) is 0 Å². The van der Waals surface area contributed by atoms with Crippen molar-refractivity contribution in [1.29, 1.82) is 0 Å². The average molecular weight is 422 g/mol. The summed E-state index contributed by atoms with van der Waals surface area (Å²) in [6, 6.07) is 7.53. The van der Waals surface area contributed by atoms with E-state index in [-0.39, 0.29) is 5.56 Å². The molecule has 112 valence electrons. The van der Waals surface area contributed by atoms with Gasteiger partial charge in [-0.15, -0.1) is 0 Å². The van der Waals surface area contributed by atoms with Gasteiger partial charge in [0, 0.05) is 21.7 Å². The van der Waals surface area contributed by atoms with E-state index in [1.165, 1.54) is 26.4 Å². The van der Waals surface area contributed by atoms with E-state index < -0.39 is 16.5 Å². The zero-order valence-corrected chi connectivity index (χ0v) is 14.5. The minimum atomic E-state index is -0.675. The molecule has 6 heteroatoms. The van der Waals surface area contributed by atoms with E-state index in [2.05, 4.69) is 31.9 Å². The van der Waals surface area contributed by atoms with Crippen LogP contribution in [0, 0.1) is 11.6 Å². The fourth-order valence-corrected chi connectivity index (χ4v) is 3.20. The molecule has 2 rings (SSSR count). The van der Waals surface area contributed by atoms with Gasteiger partial charge < -0.3 is 9.47 Å². The fourth-order valence-electron chi connectivity index (χ4n) is 1.98. The van der Waals surface area contributed by atoms with Gasteiger partial charge in [-0.05, 0) is 18.2 Å². The molecule has 0 heterocycles. The third-order valence-electron chi connectivity index (χ3n) is 3.01. The standard InChI is InChI=1S/C15H12Br2F2O2/c1-20-9-3-4-10(13(7-9)21-2)15(17)14-11(18)5-8(16)6-12(14)19/h3-7,15H,1-2H3. The highest BCUT2D eigenvalue weighted by Gasteiger charge is 2.23. The smallest absolute Gasteiger partial charge is 0.131 e.